The largest absolute Gasteiger partial charge is 0.497 e. The van der Waals surface area contributed by atoms with Crippen molar-refractivity contribution in [3.8, 4) is 5.75 Å². The molecule has 0 saturated heterocycles. The minimum Gasteiger partial charge on any atom is -0.497 e. The molecule has 0 bridgehead atoms. The van der Waals surface area contributed by atoms with Gasteiger partial charge in [0.05, 0.1) is 23.4 Å². The Morgan fingerprint density at radius 3 is 2.52 bits per heavy atom. The van der Waals surface area contributed by atoms with E-state index in [4.69, 9.17) is 22.1 Å². The van der Waals surface area contributed by atoms with E-state index in [0.717, 1.165) is 0 Å². The predicted molar refractivity (Wildman–Crippen MR) is 84.4 cm³/mol. The van der Waals surface area contributed by atoms with Gasteiger partial charge in [-0.05, 0) is 42.8 Å². The second kappa shape index (κ2) is 5.83. The van der Waals surface area contributed by atoms with Crippen LogP contribution in [0.3, 0.4) is 0 Å². The van der Waals surface area contributed by atoms with Crippen molar-refractivity contribution in [1.82, 2.24) is 0 Å². The Morgan fingerprint density at radius 1 is 1.19 bits per heavy atom. The summed E-state index contributed by atoms with van der Waals surface area (Å²) in [6.07, 6.45) is 0. The number of nitrogen functional groups attached to an aromatic ring is 1. The molecule has 0 heterocycles. The van der Waals surface area contributed by atoms with Gasteiger partial charge in [-0.3, -0.25) is 4.72 Å². The summed E-state index contributed by atoms with van der Waals surface area (Å²) < 4.78 is 32.4. The lowest BCUT2D eigenvalue weighted by Crippen LogP contribution is -2.15. The molecule has 0 aliphatic heterocycles. The van der Waals surface area contributed by atoms with Crippen LogP contribution in [0.5, 0.6) is 5.75 Å². The van der Waals surface area contributed by atoms with E-state index in [1.807, 2.05) is 0 Å². The highest BCUT2D eigenvalue weighted by Gasteiger charge is 2.18. The highest BCUT2D eigenvalue weighted by atomic mass is 35.5. The molecule has 0 unspecified atom stereocenters. The van der Waals surface area contributed by atoms with Gasteiger partial charge in [0.25, 0.3) is 10.0 Å². The SMILES string of the molecule is COc1ccc(N)c(NS(=O)(=O)c2ccc(Cl)cc2C)c1. The topological polar surface area (TPSA) is 81.4 Å². The van der Waals surface area contributed by atoms with E-state index in [0.29, 0.717) is 22.0 Å². The number of sulfonamides is 1. The van der Waals surface area contributed by atoms with Crippen molar-refractivity contribution in [2.45, 2.75) is 11.8 Å². The Hall–Kier alpha value is -1.92. The number of methoxy groups -OCH3 is 1. The Bertz CT molecular complexity index is 776. The summed E-state index contributed by atoms with van der Waals surface area (Å²) in [4.78, 5) is 0.147. The highest BCUT2D eigenvalue weighted by molar-refractivity contribution is 7.92. The number of rotatable bonds is 4. The van der Waals surface area contributed by atoms with E-state index >= 15 is 0 Å². The van der Waals surface area contributed by atoms with Crippen molar-refractivity contribution < 1.29 is 13.2 Å². The molecular weight excluding hydrogens is 312 g/mol. The molecular formula is C14H15ClN2O3S. The number of nitrogens with two attached hydrogens (primary N) is 1. The summed E-state index contributed by atoms with van der Waals surface area (Å²) in [6.45, 7) is 1.68. The van der Waals surface area contributed by atoms with Crippen molar-refractivity contribution >= 4 is 33.0 Å². The average Bonchev–Trinajstić information content (AvgIpc) is 2.40. The van der Waals surface area contributed by atoms with E-state index in [-0.39, 0.29) is 10.6 Å². The Kier molecular flexibility index (Phi) is 4.29. The van der Waals surface area contributed by atoms with Crippen molar-refractivity contribution in [3.05, 3.63) is 47.0 Å². The predicted octanol–water partition coefficient (Wildman–Crippen LogP) is 3.04. The lowest BCUT2D eigenvalue weighted by atomic mass is 10.2. The molecule has 0 atom stereocenters. The highest BCUT2D eigenvalue weighted by Crippen LogP contribution is 2.28. The maximum Gasteiger partial charge on any atom is 0.262 e. The van der Waals surface area contributed by atoms with Gasteiger partial charge in [-0.15, -0.1) is 0 Å². The summed E-state index contributed by atoms with van der Waals surface area (Å²) in [5.74, 6) is 0.509. The van der Waals surface area contributed by atoms with Gasteiger partial charge in [0.15, 0.2) is 0 Å². The second-order valence-corrected chi connectivity index (χ2v) is 6.56. The van der Waals surface area contributed by atoms with Crippen LogP contribution in [0.25, 0.3) is 0 Å². The summed E-state index contributed by atoms with van der Waals surface area (Å²) in [6, 6.07) is 9.32. The van der Waals surface area contributed by atoms with Crippen LogP contribution in [-0.2, 0) is 10.0 Å². The smallest absolute Gasteiger partial charge is 0.262 e. The van der Waals surface area contributed by atoms with Crippen molar-refractivity contribution in [2.75, 3.05) is 17.6 Å². The molecule has 0 aliphatic carbocycles. The number of aryl methyl sites for hydroxylation is 1. The first-order valence-corrected chi connectivity index (χ1v) is 7.92. The maximum atomic E-state index is 12.4. The van der Waals surface area contributed by atoms with E-state index in [2.05, 4.69) is 4.72 Å². The molecule has 0 amide bonds. The monoisotopic (exact) mass is 326 g/mol. The van der Waals surface area contributed by atoms with Crippen LogP contribution in [0.1, 0.15) is 5.56 Å². The van der Waals surface area contributed by atoms with Crippen LogP contribution in [0.15, 0.2) is 41.3 Å². The molecule has 7 heteroatoms. The molecule has 0 aliphatic rings. The minimum absolute atomic E-state index is 0.147. The molecule has 2 aromatic carbocycles. The third-order valence-electron chi connectivity index (χ3n) is 2.93. The number of hydrogen-bond donors (Lipinski definition) is 2. The molecule has 112 valence electrons. The van der Waals surface area contributed by atoms with Crippen LogP contribution in [-0.4, -0.2) is 15.5 Å². The van der Waals surface area contributed by atoms with Gasteiger partial charge in [0.2, 0.25) is 0 Å². The molecule has 21 heavy (non-hydrogen) atoms. The zero-order chi connectivity index (χ0) is 15.6. The Labute approximate surface area is 128 Å². The third-order valence-corrected chi connectivity index (χ3v) is 4.69. The summed E-state index contributed by atoms with van der Waals surface area (Å²) in [5, 5.41) is 0.479. The van der Waals surface area contributed by atoms with E-state index in [1.165, 1.54) is 25.3 Å². The summed E-state index contributed by atoms with van der Waals surface area (Å²) in [7, 11) is -2.26. The average molecular weight is 327 g/mol. The van der Waals surface area contributed by atoms with Gasteiger partial charge in [-0.2, -0.15) is 0 Å². The lowest BCUT2D eigenvalue weighted by molar-refractivity contribution is 0.415. The number of halogens is 1. The quantitative estimate of drug-likeness (QED) is 0.846. The van der Waals surface area contributed by atoms with Crippen molar-refractivity contribution in [2.24, 2.45) is 0 Å². The van der Waals surface area contributed by atoms with Gasteiger partial charge < -0.3 is 10.5 Å². The first-order chi connectivity index (χ1) is 9.83. The first-order valence-electron chi connectivity index (χ1n) is 6.06. The molecule has 0 spiro atoms. The van der Waals surface area contributed by atoms with Gasteiger partial charge in [-0.25, -0.2) is 8.42 Å². The number of benzene rings is 2. The molecule has 0 saturated carbocycles. The second-order valence-electron chi connectivity index (χ2n) is 4.47. The lowest BCUT2D eigenvalue weighted by Gasteiger charge is -2.13. The van der Waals surface area contributed by atoms with E-state index in [1.54, 1.807) is 25.1 Å². The fraction of sp³-hybridized carbons (Fsp3) is 0.143. The molecule has 3 N–H and O–H groups in total. The first kappa shape index (κ1) is 15.5. The molecule has 2 rings (SSSR count). The summed E-state index contributed by atoms with van der Waals surface area (Å²) in [5.41, 5.74) is 6.92. The fourth-order valence-electron chi connectivity index (χ4n) is 1.86. The fourth-order valence-corrected chi connectivity index (χ4v) is 3.40. The molecule has 2 aromatic rings. The number of ether oxygens (including phenoxy) is 1. The molecule has 0 aromatic heterocycles. The van der Waals surface area contributed by atoms with Gasteiger partial charge in [-0.1, -0.05) is 11.6 Å². The van der Waals surface area contributed by atoms with Crippen LogP contribution >= 0.6 is 11.6 Å². The van der Waals surface area contributed by atoms with Gasteiger partial charge in [0.1, 0.15) is 5.75 Å². The Balaban J connectivity index is 2.42. The Morgan fingerprint density at radius 2 is 1.90 bits per heavy atom. The normalized spacial score (nSPS) is 11.2. The molecule has 0 radical (unpaired) electrons. The minimum atomic E-state index is -3.75. The summed E-state index contributed by atoms with van der Waals surface area (Å²) >= 11 is 5.84. The maximum absolute atomic E-state index is 12.4. The molecule has 0 fully saturated rings. The van der Waals surface area contributed by atoms with Gasteiger partial charge >= 0.3 is 0 Å². The van der Waals surface area contributed by atoms with E-state index in [9.17, 15) is 8.42 Å². The molecule has 5 nitrogen and oxygen atoms in total. The van der Waals surface area contributed by atoms with Crippen molar-refractivity contribution in [1.29, 1.82) is 0 Å². The van der Waals surface area contributed by atoms with Crippen LogP contribution in [0.4, 0.5) is 11.4 Å². The number of nitrogens with one attached hydrogen (secondary N) is 1. The van der Waals surface area contributed by atoms with E-state index < -0.39 is 10.0 Å². The van der Waals surface area contributed by atoms with Crippen LogP contribution in [0.2, 0.25) is 5.02 Å². The van der Waals surface area contributed by atoms with Gasteiger partial charge in [0, 0.05) is 11.1 Å². The standard InChI is InChI=1S/C14H15ClN2O3S/c1-9-7-10(15)3-6-14(9)21(18,19)17-13-8-11(20-2)4-5-12(13)16/h3-8,17H,16H2,1-2H3. The van der Waals surface area contributed by atoms with Crippen LogP contribution in [0, 0.1) is 6.92 Å². The zero-order valence-corrected chi connectivity index (χ0v) is 13.1. The number of hydrogen-bond acceptors (Lipinski definition) is 4. The third kappa shape index (κ3) is 3.40. The number of anilines is 2. The van der Waals surface area contributed by atoms with Crippen LogP contribution < -0.4 is 15.2 Å². The van der Waals surface area contributed by atoms with Crippen molar-refractivity contribution in [3.63, 3.8) is 0 Å². The zero-order valence-electron chi connectivity index (χ0n) is 11.6.